The first kappa shape index (κ1) is 15.9. The zero-order chi connectivity index (χ0) is 14.8. The first-order valence-electron chi connectivity index (χ1n) is 7.97. The number of hydrogen-bond acceptors (Lipinski definition) is 3. The highest BCUT2D eigenvalue weighted by molar-refractivity contribution is 5.79. The number of nitrogens with one attached hydrogen (secondary N) is 2. The van der Waals surface area contributed by atoms with Crippen molar-refractivity contribution in [3.63, 3.8) is 0 Å². The predicted octanol–water partition coefficient (Wildman–Crippen LogP) is 2.34. The lowest BCUT2D eigenvalue weighted by atomic mass is 10.0. The topological polar surface area (TPSA) is 58.8 Å². The summed E-state index contributed by atoms with van der Waals surface area (Å²) >= 11 is 0. The quantitative estimate of drug-likeness (QED) is 0.460. The zero-order valence-corrected chi connectivity index (χ0v) is 12.9. The lowest BCUT2D eigenvalue weighted by molar-refractivity contribution is 0.0104. The van der Waals surface area contributed by atoms with Gasteiger partial charge in [-0.3, -0.25) is 4.99 Å². The number of furan rings is 1. The molecule has 118 valence electrons. The first-order chi connectivity index (χ1) is 10.4. The van der Waals surface area contributed by atoms with Crippen LogP contribution in [0.2, 0.25) is 0 Å². The van der Waals surface area contributed by atoms with E-state index in [1.54, 1.807) is 13.3 Å². The van der Waals surface area contributed by atoms with Gasteiger partial charge in [-0.25, -0.2) is 0 Å². The second-order valence-electron chi connectivity index (χ2n) is 5.39. The lowest BCUT2D eigenvalue weighted by Crippen LogP contribution is -2.39. The van der Waals surface area contributed by atoms with Crippen LogP contribution in [-0.4, -0.2) is 38.8 Å². The van der Waals surface area contributed by atoms with Gasteiger partial charge in [0.2, 0.25) is 0 Å². The molecular formula is C16H27N3O2. The van der Waals surface area contributed by atoms with Crippen molar-refractivity contribution >= 4 is 5.96 Å². The molecule has 5 heteroatoms. The van der Waals surface area contributed by atoms with Crippen LogP contribution >= 0.6 is 0 Å². The van der Waals surface area contributed by atoms with E-state index in [0.29, 0.717) is 6.10 Å². The van der Waals surface area contributed by atoms with Crippen molar-refractivity contribution in [2.45, 2.75) is 44.6 Å². The summed E-state index contributed by atoms with van der Waals surface area (Å²) in [5, 5.41) is 6.64. The fraction of sp³-hybridized carbons (Fsp3) is 0.688. The van der Waals surface area contributed by atoms with Crippen LogP contribution in [0.3, 0.4) is 0 Å². The number of nitrogens with zero attached hydrogens (tertiary/aromatic N) is 1. The second kappa shape index (κ2) is 9.45. The summed E-state index contributed by atoms with van der Waals surface area (Å²) in [5.74, 6) is 1.85. The Balaban J connectivity index is 1.53. The Morgan fingerprint density at radius 3 is 2.95 bits per heavy atom. The van der Waals surface area contributed by atoms with Crippen LogP contribution in [-0.2, 0) is 11.2 Å². The maximum absolute atomic E-state index is 5.73. The van der Waals surface area contributed by atoms with Gasteiger partial charge in [-0.1, -0.05) is 0 Å². The molecule has 2 heterocycles. The van der Waals surface area contributed by atoms with E-state index in [1.807, 2.05) is 12.1 Å². The van der Waals surface area contributed by atoms with Gasteiger partial charge in [-0.15, -0.1) is 0 Å². The molecule has 0 amide bonds. The van der Waals surface area contributed by atoms with Crippen molar-refractivity contribution in [1.29, 1.82) is 0 Å². The van der Waals surface area contributed by atoms with Crippen LogP contribution in [0.1, 0.15) is 37.9 Å². The molecule has 2 rings (SSSR count). The van der Waals surface area contributed by atoms with E-state index >= 15 is 0 Å². The van der Waals surface area contributed by atoms with E-state index in [9.17, 15) is 0 Å². The molecule has 0 aromatic carbocycles. The minimum Gasteiger partial charge on any atom is -0.469 e. The number of rotatable bonds is 7. The Labute approximate surface area is 127 Å². The van der Waals surface area contributed by atoms with E-state index in [-0.39, 0.29) is 0 Å². The number of guanidine groups is 1. The van der Waals surface area contributed by atoms with Crippen molar-refractivity contribution < 1.29 is 9.15 Å². The molecule has 0 bridgehead atoms. The van der Waals surface area contributed by atoms with Gasteiger partial charge in [-0.05, 0) is 44.2 Å². The Kier molecular flexibility index (Phi) is 7.15. The molecule has 1 unspecified atom stereocenters. The van der Waals surface area contributed by atoms with Crippen LogP contribution in [0.15, 0.2) is 27.8 Å². The maximum Gasteiger partial charge on any atom is 0.190 e. The Morgan fingerprint density at radius 2 is 2.24 bits per heavy atom. The first-order valence-corrected chi connectivity index (χ1v) is 7.97. The smallest absolute Gasteiger partial charge is 0.190 e. The summed E-state index contributed by atoms with van der Waals surface area (Å²) in [6.45, 7) is 2.69. The average Bonchev–Trinajstić information content (AvgIpc) is 3.04. The summed E-state index contributed by atoms with van der Waals surface area (Å²) in [7, 11) is 1.80. The molecule has 2 N–H and O–H groups in total. The molecule has 1 aromatic rings. The largest absolute Gasteiger partial charge is 0.469 e. The average molecular weight is 293 g/mol. The summed E-state index contributed by atoms with van der Waals surface area (Å²) in [6.07, 6.45) is 9.04. The SMILES string of the molecule is CN=C(NCCCC1CCCCO1)NCCc1ccco1. The van der Waals surface area contributed by atoms with Gasteiger partial charge in [0, 0.05) is 33.2 Å². The van der Waals surface area contributed by atoms with Crippen molar-refractivity contribution in [1.82, 2.24) is 10.6 Å². The van der Waals surface area contributed by atoms with Gasteiger partial charge in [0.05, 0.1) is 12.4 Å². The van der Waals surface area contributed by atoms with Gasteiger partial charge < -0.3 is 19.8 Å². The third-order valence-electron chi connectivity index (χ3n) is 3.74. The summed E-state index contributed by atoms with van der Waals surface area (Å²) in [6, 6.07) is 3.90. The number of hydrogen-bond donors (Lipinski definition) is 2. The molecule has 0 spiro atoms. The lowest BCUT2D eigenvalue weighted by Gasteiger charge is -2.22. The number of aliphatic imine (C=N–C) groups is 1. The van der Waals surface area contributed by atoms with Gasteiger partial charge >= 0.3 is 0 Å². The van der Waals surface area contributed by atoms with E-state index in [4.69, 9.17) is 9.15 Å². The van der Waals surface area contributed by atoms with Crippen molar-refractivity contribution in [3.05, 3.63) is 24.2 Å². The molecule has 0 aliphatic carbocycles. The van der Waals surface area contributed by atoms with Crippen molar-refractivity contribution in [3.8, 4) is 0 Å². The van der Waals surface area contributed by atoms with E-state index in [2.05, 4.69) is 15.6 Å². The molecule has 1 fully saturated rings. The minimum atomic E-state index is 0.467. The molecule has 21 heavy (non-hydrogen) atoms. The molecule has 5 nitrogen and oxygen atoms in total. The summed E-state index contributed by atoms with van der Waals surface area (Å²) in [5.41, 5.74) is 0. The third kappa shape index (κ3) is 6.21. The second-order valence-corrected chi connectivity index (χ2v) is 5.39. The van der Waals surface area contributed by atoms with Gasteiger partial charge in [-0.2, -0.15) is 0 Å². The van der Waals surface area contributed by atoms with Crippen LogP contribution in [0.4, 0.5) is 0 Å². The highest BCUT2D eigenvalue weighted by atomic mass is 16.5. The Morgan fingerprint density at radius 1 is 1.33 bits per heavy atom. The van der Waals surface area contributed by atoms with Gasteiger partial charge in [0.1, 0.15) is 5.76 Å². The van der Waals surface area contributed by atoms with Crippen LogP contribution in [0.25, 0.3) is 0 Å². The molecule has 0 radical (unpaired) electrons. The van der Waals surface area contributed by atoms with Gasteiger partial charge in [0.15, 0.2) is 5.96 Å². The molecule has 1 aliphatic heterocycles. The highest BCUT2D eigenvalue weighted by Gasteiger charge is 2.12. The Bertz CT molecular complexity index is 398. The highest BCUT2D eigenvalue weighted by Crippen LogP contribution is 2.16. The molecule has 1 aromatic heterocycles. The van der Waals surface area contributed by atoms with Crippen LogP contribution in [0.5, 0.6) is 0 Å². The molecule has 1 atom stereocenters. The molecular weight excluding hydrogens is 266 g/mol. The van der Waals surface area contributed by atoms with Crippen LogP contribution < -0.4 is 10.6 Å². The normalized spacial score (nSPS) is 19.5. The summed E-state index contributed by atoms with van der Waals surface area (Å²) in [4.78, 5) is 4.22. The van der Waals surface area contributed by atoms with Gasteiger partial charge in [0.25, 0.3) is 0 Å². The maximum atomic E-state index is 5.73. The Hall–Kier alpha value is -1.49. The molecule has 1 aliphatic rings. The minimum absolute atomic E-state index is 0.467. The zero-order valence-electron chi connectivity index (χ0n) is 12.9. The fourth-order valence-electron chi connectivity index (χ4n) is 2.55. The molecule has 0 saturated carbocycles. The third-order valence-corrected chi connectivity index (χ3v) is 3.74. The fourth-order valence-corrected chi connectivity index (χ4v) is 2.55. The standard InChI is InChI=1S/C16H27N3O2/c1-17-16(19-11-9-15-8-5-13-21-15)18-10-4-7-14-6-2-3-12-20-14/h5,8,13-14H,2-4,6-7,9-12H2,1H3,(H2,17,18,19). The van der Waals surface area contributed by atoms with Crippen molar-refractivity contribution in [2.24, 2.45) is 4.99 Å². The molecule has 1 saturated heterocycles. The monoisotopic (exact) mass is 293 g/mol. The van der Waals surface area contributed by atoms with E-state index in [0.717, 1.165) is 50.7 Å². The van der Waals surface area contributed by atoms with Crippen molar-refractivity contribution in [2.75, 3.05) is 26.7 Å². The van der Waals surface area contributed by atoms with E-state index < -0.39 is 0 Å². The van der Waals surface area contributed by atoms with E-state index in [1.165, 1.54) is 19.3 Å². The summed E-state index contributed by atoms with van der Waals surface area (Å²) < 4.78 is 11.0. The van der Waals surface area contributed by atoms with Crippen LogP contribution in [0, 0.1) is 0 Å². The number of ether oxygens (including phenoxy) is 1. The predicted molar refractivity (Wildman–Crippen MR) is 84.6 cm³/mol.